The normalized spacial score (nSPS) is 19.2. The predicted octanol–water partition coefficient (Wildman–Crippen LogP) is 2.85. The fourth-order valence-electron chi connectivity index (χ4n) is 2.05. The predicted molar refractivity (Wildman–Crippen MR) is 73.4 cm³/mol. The third-order valence-corrected chi connectivity index (χ3v) is 3.74. The molecular formula is C12H15ClN2OS. The standard InChI is InChI=1S/C12H14N2OS.ClH/c1-2-6-11-10(5-1)12(14-16-11)15-8-9-4-3-7-13-9;/h1-2,5-6,9,13H,3-4,7-8H2;1H. The molecule has 0 saturated carbocycles. The van der Waals surface area contributed by atoms with E-state index in [9.17, 15) is 0 Å². The summed E-state index contributed by atoms with van der Waals surface area (Å²) in [5.41, 5.74) is 0. The van der Waals surface area contributed by atoms with Crippen molar-refractivity contribution in [3.8, 4) is 5.88 Å². The van der Waals surface area contributed by atoms with Gasteiger partial charge in [0.2, 0.25) is 5.88 Å². The van der Waals surface area contributed by atoms with Gasteiger partial charge in [-0.05, 0) is 43.1 Å². The summed E-state index contributed by atoms with van der Waals surface area (Å²) >= 11 is 1.50. The molecule has 1 aromatic carbocycles. The maximum atomic E-state index is 5.78. The third kappa shape index (κ3) is 2.70. The quantitative estimate of drug-likeness (QED) is 0.931. The number of nitrogens with zero attached hydrogens (tertiary/aromatic N) is 1. The molecule has 0 bridgehead atoms. The van der Waals surface area contributed by atoms with Crippen LogP contribution in [0, 0.1) is 0 Å². The Bertz CT molecular complexity index is 482. The summed E-state index contributed by atoms with van der Waals surface area (Å²) in [5.74, 6) is 0.786. The topological polar surface area (TPSA) is 34.1 Å². The minimum absolute atomic E-state index is 0. The van der Waals surface area contributed by atoms with Gasteiger partial charge in [0.05, 0.1) is 10.1 Å². The summed E-state index contributed by atoms with van der Waals surface area (Å²) in [6.07, 6.45) is 2.47. The Kier molecular flexibility index (Phi) is 4.20. The Morgan fingerprint density at radius 2 is 2.29 bits per heavy atom. The smallest absolute Gasteiger partial charge is 0.233 e. The van der Waals surface area contributed by atoms with Crippen LogP contribution in [0.25, 0.3) is 10.1 Å². The third-order valence-electron chi connectivity index (χ3n) is 2.93. The van der Waals surface area contributed by atoms with Crippen molar-refractivity contribution in [3.63, 3.8) is 0 Å². The number of fused-ring (bicyclic) bond motifs is 1. The monoisotopic (exact) mass is 270 g/mol. The second kappa shape index (κ2) is 5.67. The van der Waals surface area contributed by atoms with Gasteiger partial charge in [-0.25, -0.2) is 0 Å². The summed E-state index contributed by atoms with van der Waals surface area (Å²) in [7, 11) is 0. The molecule has 1 fully saturated rings. The van der Waals surface area contributed by atoms with E-state index in [1.54, 1.807) is 0 Å². The molecule has 1 aliphatic rings. The molecule has 0 radical (unpaired) electrons. The average Bonchev–Trinajstić information content (AvgIpc) is 2.96. The molecule has 2 aromatic rings. The number of rotatable bonds is 3. The van der Waals surface area contributed by atoms with Gasteiger partial charge in [-0.2, -0.15) is 4.37 Å². The van der Waals surface area contributed by atoms with Crippen molar-refractivity contribution in [3.05, 3.63) is 24.3 Å². The number of hydrogen-bond donors (Lipinski definition) is 1. The number of benzene rings is 1. The largest absolute Gasteiger partial charge is 0.475 e. The zero-order chi connectivity index (χ0) is 10.8. The van der Waals surface area contributed by atoms with Gasteiger partial charge in [0, 0.05) is 6.04 Å². The van der Waals surface area contributed by atoms with E-state index in [-0.39, 0.29) is 12.4 Å². The molecule has 0 spiro atoms. The van der Waals surface area contributed by atoms with E-state index in [1.807, 2.05) is 12.1 Å². The fourth-order valence-corrected chi connectivity index (χ4v) is 2.77. The molecule has 0 amide bonds. The van der Waals surface area contributed by atoms with E-state index < -0.39 is 0 Å². The van der Waals surface area contributed by atoms with Crippen LogP contribution in [-0.4, -0.2) is 23.6 Å². The van der Waals surface area contributed by atoms with Gasteiger partial charge in [0.15, 0.2) is 0 Å². The van der Waals surface area contributed by atoms with Gasteiger partial charge >= 0.3 is 0 Å². The Morgan fingerprint density at radius 3 is 3.12 bits per heavy atom. The van der Waals surface area contributed by atoms with Crippen LogP contribution in [0.3, 0.4) is 0 Å². The highest BCUT2D eigenvalue weighted by atomic mass is 35.5. The summed E-state index contributed by atoms with van der Waals surface area (Å²) in [4.78, 5) is 0. The molecular weight excluding hydrogens is 256 g/mol. The van der Waals surface area contributed by atoms with Gasteiger partial charge in [0.1, 0.15) is 6.61 Å². The van der Waals surface area contributed by atoms with Crippen molar-refractivity contribution in [2.45, 2.75) is 18.9 Å². The van der Waals surface area contributed by atoms with Crippen LogP contribution in [0.15, 0.2) is 24.3 Å². The van der Waals surface area contributed by atoms with Crippen molar-refractivity contribution < 1.29 is 4.74 Å². The first-order chi connectivity index (χ1) is 7.93. The first-order valence-electron chi connectivity index (χ1n) is 5.64. The molecule has 1 aliphatic heterocycles. The van der Waals surface area contributed by atoms with Crippen LogP contribution in [0.2, 0.25) is 0 Å². The van der Waals surface area contributed by atoms with E-state index >= 15 is 0 Å². The lowest BCUT2D eigenvalue weighted by Gasteiger charge is -2.10. The molecule has 3 nitrogen and oxygen atoms in total. The Labute approximate surface area is 111 Å². The van der Waals surface area contributed by atoms with Gasteiger partial charge in [-0.1, -0.05) is 12.1 Å². The first-order valence-corrected chi connectivity index (χ1v) is 6.41. The molecule has 5 heteroatoms. The summed E-state index contributed by atoms with van der Waals surface area (Å²) in [6.45, 7) is 1.85. The Morgan fingerprint density at radius 1 is 1.41 bits per heavy atom. The van der Waals surface area contributed by atoms with Crippen molar-refractivity contribution in [1.29, 1.82) is 0 Å². The number of halogens is 1. The van der Waals surface area contributed by atoms with Crippen LogP contribution >= 0.6 is 23.9 Å². The number of aromatic nitrogens is 1. The zero-order valence-corrected chi connectivity index (χ0v) is 11.0. The molecule has 1 unspecified atom stereocenters. The van der Waals surface area contributed by atoms with Crippen LogP contribution in [-0.2, 0) is 0 Å². The second-order valence-corrected chi connectivity index (χ2v) is 4.89. The molecule has 1 aromatic heterocycles. The average molecular weight is 271 g/mol. The van der Waals surface area contributed by atoms with Crippen molar-refractivity contribution in [1.82, 2.24) is 9.69 Å². The minimum atomic E-state index is 0. The minimum Gasteiger partial charge on any atom is -0.475 e. The maximum absolute atomic E-state index is 5.78. The summed E-state index contributed by atoms with van der Waals surface area (Å²) < 4.78 is 11.3. The van der Waals surface area contributed by atoms with Gasteiger partial charge in [-0.15, -0.1) is 12.4 Å². The van der Waals surface area contributed by atoms with E-state index in [0.29, 0.717) is 6.04 Å². The van der Waals surface area contributed by atoms with Crippen molar-refractivity contribution >= 4 is 34.0 Å². The van der Waals surface area contributed by atoms with Crippen LogP contribution in [0.4, 0.5) is 0 Å². The Balaban J connectivity index is 0.00000108. The second-order valence-electron chi connectivity index (χ2n) is 4.09. The molecule has 0 aliphatic carbocycles. The molecule has 3 rings (SSSR count). The van der Waals surface area contributed by atoms with Crippen molar-refractivity contribution in [2.24, 2.45) is 0 Å². The molecule has 92 valence electrons. The van der Waals surface area contributed by atoms with E-state index in [2.05, 4.69) is 21.8 Å². The highest BCUT2D eigenvalue weighted by Crippen LogP contribution is 2.28. The molecule has 1 saturated heterocycles. The SMILES string of the molecule is Cl.c1ccc2c(OCC3CCCN3)nsc2c1. The van der Waals surface area contributed by atoms with Crippen LogP contribution in [0.5, 0.6) is 5.88 Å². The lowest BCUT2D eigenvalue weighted by Crippen LogP contribution is -2.28. The lowest BCUT2D eigenvalue weighted by molar-refractivity contribution is 0.273. The number of ether oxygens (including phenoxy) is 1. The summed E-state index contributed by atoms with van der Waals surface area (Å²) in [6, 6.07) is 8.70. The van der Waals surface area contributed by atoms with Gasteiger partial charge in [-0.3, -0.25) is 0 Å². The first kappa shape index (κ1) is 12.6. The zero-order valence-electron chi connectivity index (χ0n) is 9.39. The molecule has 17 heavy (non-hydrogen) atoms. The fraction of sp³-hybridized carbons (Fsp3) is 0.417. The van der Waals surface area contributed by atoms with E-state index in [4.69, 9.17) is 4.74 Å². The Hall–Kier alpha value is -0.840. The lowest BCUT2D eigenvalue weighted by atomic mass is 10.2. The molecule has 1 atom stereocenters. The van der Waals surface area contributed by atoms with Gasteiger partial charge < -0.3 is 10.1 Å². The van der Waals surface area contributed by atoms with E-state index in [1.165, 1.54) is 29.1 Å². The number of hydrogen-bond acceptors (Lipinski definition) is 4. The van der Waals surface area contributed by atoms with Gasteiger partial charge in [0.25, 0.3) is 0 Å². The molecule has 1 N–H and O–H groups in total. The van der Waals surface area contributed by atoms with Crippen LogP contribution in [0.1, 0.15) is 12.8 Å². The van der Waals surface area contributed by atoms with Crippen LogP contribution < -0.4 is 10.1 Å². The maximum Gasteiger partial charge on any atom is 0.233 e. The molecule has 2 heterocycles. The highest BCUT2D eigenvalue weighted by Gasteiger charge is 2.15. The highest BCUT2D eigenvalue weighted by molar-refractivity contribution is 7.13. The number of nitrogens with one attached hydrogen (secondary N) is 1. The summed E-state index contributed by atoms with van der Waals surface area (Å²) in [5, 5.41) is 4.55. The van der Waals surface area contributed by atoms with E-state index in [0.717, 1.165) is 24.4 Å². The van der Waals surface area contributed by atoms with Crippen molar-refractivity contribution in [2.75, 3.05) is 13.2 Å².